The standard InChI is InChI=1S/C14H19N3O4/c1-4-20-7-5-6-15-12(18)10-9(2)21-13-11(10)14(19)17(3)8-16-13/h8H,4-7H2,1-3H3,(H,15,18). The lowest BCUT2D eigenvalue weighted by molar-refractivity contribution is 0.0944. The molecule has 2 aromatic rings. The van der Waals surface area contributed by atoms with Gasteiger partial charge in [0.1, 0.15) is 17.5 Å². The molecule has 0 aliphatic carbocycles. The molecule has 2 rings (SSSR count). The number of ether oxygens (including phenoxy) is 1. The number of aromatic nitrogens is 2. The second-order valence-electron chi connectivity index (χ2n) is 4.68. The van der Waals surface area contributed by atoms with Crippen LogP contribution >= 0.6 is 0 Å². The van der Waals surface area contributed by atoms with Crippen LogP contribution in [0.25, 0.3) is 11.1 Å². The Morgan fingerprint density at radius 2 is 2.29 bits per heavy atom. The van der Waals surface area contributed by atoms with Crippen molar-refractivity contribution in [3.63, 3.8) is 0 Å². The average Bonchev–Trinajstić information content (AvgIpc) is 2.79. The molecule has 0 aromatic carbocycles. The number of nitrogens with one attached hydrogen (secondary N) is 1. The lowest BCUT2D eigenvalue weighted by atomic mass is 10.2. The van der Waals surface area contributed by atoms with E-state index in [1.807, 2.05) is 6.92 Å². The van der Waals surface area contributed by atoms with Gasteiger partial charge in [0.05, 0.1) is 5.56 Å². The van der Waals surface area contributed by atoms with Crippen molar-refractivity contribution in [2.75, 3.05) is 19.8 Å². The van der Waals surface area contributed by atoms with Gasteiger partial charge in [-0.1, -0.05) is 0 Å². The van der Waals surface area contributed by atoms with Gasteiger partial charge in [-0.2, -0.15) is 0 Å². The normalized spacial score (nSPS) is 11.0. The Balaban J connectivity index is 2.21. The summed E-state index contributed by atoms with van der Waals surface area (Å²) in [6.07, 6.45) is 2.09. The fourth-order valence-corrected chi connectivity index (χ4v) is 2.07. The van der Waals surface area contributed by atoms with Gasteiger partial charge >= 0.3 is 0 Å². The molecule has 0 atom stereocenters. The first-order chi connectivity index (χ1) is 10.1. The molecule has 0 unspecified atom stereocenters. The third-order valence-electron chi connectivity index (χ3n) is 3.13. The molecule has 0 saturated heterocycles. The highest BCUT2D eigenvalue weighted by atomic mass is 16.5. The molecule has 7 heteroatoms. The number of furan rings is 1. The monoisotopic (exact) mass is 293 g/mol. The van der Waals surface area contributed by atoms with E-state index < -0.39 is 0 Å². The van der Waals surface area contributed by atoms with E-state index in [0.29, 0.717) is 31.9 Å². The van der Waals surface area contributed by atoms with Crippen molar-refractivity contribution in [3.05, 3.63) is 28.0 Å². The minimum Gasteiger partial charge on any atom is -0.442 e. The van der Waals surface area contributed by atoms with Gasteiger partial charge in [-0.25, -0.2) is 4.98 Å². The Morgan fingerprint density at radius 3 is 3.00 bits per heavy atom. The molecule has 0 saturated carbocycles. The van der Waals surface area contributed by atoms with Crippen LogP contribution in [0, 0.1) is 6.92 Å². The molecule has 0 bridgehead atoms. The summed E-state index contributed by atoms with van der Waals surface area (Å²) in [7, 11) is 1.58. The highest BCUT2D eigenvalue weighted by Gasteiger charge is 2.21. The summed E-state index contributed by atoms with van der Waals surface area (Å²) in [5, 5.41) is 2.99. The number of nitrogens with zero attached hydrogens (tertiary/aromatic N) is 2. The second-order valence-corrected chi connectivity index (χ2v) is 4.68. The topological polar surface area (TPSA) is 86.4 Å². The summed E-state index contributed by atoms with van der Waals surface area (Å²) in [6.45, 7) is 5.29. The van der Waals surface area contributed by atoms with Crippen molar-refractivity contribution in [1.82, 2.24) is 14.9 Å². The second kappa shape index (κ2) is 6.53. The molecule has 21 heavy (non-hydrogen) atoms. The van der Waals surface area contributed by atoms with Crippen molar-refractivity contribution in [2.24, 2.45) is 7.05 Å². The zero-order valence-electron chi connectivity index (χ0n) is 12.4. The number of fused-ring (bicyclic) bond motifs is 1. The van der Waals surface area contributed by atoms with E-state index >= 15 is 0 Å². The highest BCUT2D eigenvalue weighted by molar-refractivity contribution is 6.06. The maximum atomic E-state index is 12.2. The summed E-state index contributed by atoms with van der Waals surface area (Å²) in [5.74, 6) is 0.0657. The Kier molecular flexibility index (Phi) is 4.74. The van der Waals surface area contributed by atoms with Crippen LogP contribution in [0.4, 0.5) is 0 Å². The van der Waals surface area contributed by atoms with Crippen LogP contribution in [0.1, 0.15) is 29.5 Å². The zero-order chi connectivity index (χ0) is 15.4. The van der Waals surface area contributed by atoms with E-state index in [9.17, 15) is 9.59 Å². The lowest BCUT2D eigenvalue weighted by Gasteiger charge is -2.05. The number of hydrogen-bond donors (Lipinski definition) is 1. The Bertz CT molecular complexity index is 702. The van der Waals surface area contributed by atoms with E-state index in [0.717, 1.165) is 0 Å². The Morgan fingerprint density at radius 1 is 1.52 bits per heavy atom. The summed E-state index contributed by atoms with van der Waals surface area (Å²) < 4.78 is 11.9. The number of hydrogen-bond acceptors (Lipinski definition) is 5. The third-order valence-corrected chi connectivity index (χ3v) is 3.13. The predicted octanol–water partition coefficient (Wildman–Crippen LogP) is 0.991. The first kappa shape index (κ1) is 15.2. The molecule has 1 N–H and O–H groups in total. The quantitative estimate of drug-likeness (QED) is 0.803. The van der Waals surface area contributed by atoms with Crippen molar-refractivity contribution < 1.29 is 13.9 Å². The first-order valence-corrected chi connectivity index (χ1v) is 6.87. The third kappa shape index (κ3) is 3.13. The van der Waals surface area contributed by atoms with Crippen molar-refractivity contribution in [2.45, 2.75) is 20.3 Å². The van der Waals surface area contributed by atoms with Crippen LogP contribution < -0.4 is 10.9 Å². The zero-order valence-corrected chi connectivity index (χ0v) is 12.4. The maximum absolute atomic E-state index is 12.2. The van der Waals surface area contributed by atoms with Crippen LogP contribution in [0.3, 0.4) is 0 Å². The largest absolute Gasteiger partial charge is 0.442 e. The number of rotatable bonds is 6. The molecular weight excluding hydrogens is 274 g/mol. The van der Waals surface area contributed by atoms with Crippen LogP contribution in [-0.4, -0.2) is 35.2 Å². The van der Waals surface area contributed by atoms with Gasteiger partial charge in [-0.15, -0.1) is 0 Å². The summed E-state index contributed by atoms with van der Waals surface area (Å²) >= 11 is 0. The van der Waals surface area contributed by atoms with Gasteiger partial charge in [0, 0.05) is 26.8 Å². The number of carbonyl (C=O) groups excluding carboxylic acids is 1. The van der Waals surface area contributed by atoms with E-state index in [1.54, 1.807) is 14.0 Å². The predicted molar refractivity (Wildman–Crippen MR) is 77.4 cm³/mol. The number of amides is 1. The summed E-state index contributed by atoms with van der Waals surface area (Å²) in [5.41, 5.74) is 0.154. The van der Waals surface area contributed by atoms with Crippen molar-refractivity contribution in [3.8, 4) is 0 Å². The molecule has 0 spiro atoms. The Hall–Kier alpha value is -2.15. The summed E-state index contributed by atoms with van der Waals surface area (Å²) in [4.78, 5) is 28.4. The lowest BCUT2D eigenvalue weighted by Crippen LogP contribution is -2.27. The molecule has 7 nitrogen and oxygen atoms in total. The fourth-order valence-electron chi connectivity index (χ4n) is 2.07. The fraction of sp³-hybridized carbons (Fsp3) is 0.500. The SMILES string of the molecule is CCOCCCNC(=O)c1c(C)oc2ncn(C)c(=O)c12. The molecule has 0 aliphatic heterocycles. The van der Waals surface area contributed by atoms with Gasteiger partial charge in [0.2, 0.25) is 5.71 Å². The van der Waals surface area contributed by atoms with Gasteiger partial charge in [-0.05, 0) is 20.3 Å². The smallest absolute Gasteiger partial charge is 0.265 e. The minimum absolute atomic E-state index is 0.190. The molecular formula is C14H19N3O4. The molecule has 0 radical (unpaired) electrons. The van der Waals surface area contributed by atoms with Gasteiger partial charge in [-0.3, -0.25) is 9.59 Å². The van der Waals surface area contributed by atoms with Gasteiger partial charge in [0.15, 0.2) is 0 Å². The van der Waals surface area contributed by atoms with Crippen molar-refractivity contribution in [1.29, 1.82) is 0 Å². The van der Waals surface area contributed by atoms with Crippen LogP contribution in [0.15, 0.2) is 15.5 Å². The van der Waals surface area contributed by atoms with Gasteiger partial charge < -0.3 is 19.0 Å². The summed E-state index contributed by atoms with van der Waals surface area (Å²) in [6, 6.07) is 0. The van der Waals surface area contributed by atoms with Crippen molar-refractivity contribution >= 4 is 17.0 Å². The van der Waals surface area contributed by atoms with Crippen LogP contribution in [0.2, 0.25) is 0 Å². The van der Waals surface area contributed by atoms with Crippen LogP contribution in [0.5, 0.6) is 0 Å². The molecule has 0 aliphatic rings. The molecule has 2 aromatic heterocycles. The van der Waals surface area contributed by atoms with E-state index in [2.05, 4.69) is 10.3 Å². The van der Waals surface area contributed by atoms with E-state index in [-0.39, 0.29) is 28.1 Å². The van der Waals surface area contributed by atoms with Gasteiger partial charge in [0.25, 0.3) is 11.5 Å². The highest BCUT2D eigenvalue weighted by Crippen LogP contribution is 2.20. The molecule has 0 fully saturated rings. The maximum Gasteiger partial charge on any atom is 0.265 e. The van der Waals surface area contributed by atoms with E-state index in [4.69, 9.17) is 9.15 Å². The van der Waals surface area contributed by atoms with E-state index in [1.165, 1.54) is 10.9 Å². The molecule has 1 amide bonds. The average molecular weight is 293 g/mol. The molecule has 114 valence electrons. The minimum atomic E-state index is -0.326. The first-order valence-electron chi connectivity index (χ1n) is 6.87. The Labute approximate surface area is 121 Å². The van der Waals surface area contributed by atoms with Crippen LogP contribution in [-0.2, 0) is 11.8 Å². The number of carbonyl (C=O) groups is 1. The number of aryl methyl sites for hydroxylation is 2. The molecule has 2 heterocycles.